The van der Waals surface area contributed by atoms with Crippen LogP contribution in [0.5, 0.6) is 11.5 Å². The highest BCUT2D eigenvalue weighted by atomic mass is 16.7. The molecule has 1 N–H and O–H groups in total. The van der Waals surface area contributed by atoms with Crippen LogP contribution >= 0.6 is 0 Å². The molecule has 6 nitrogen and oxygen atoms in total. The zero-order valence-electron chi connectivity index (χ0n) is 11.7. The zero-order valence-corrected chi connectivity index (χ0v) is 11.7. The number of ether oxygens (including phenoxy) is 2. The van der Waals surface area contributed by atoms with Gasteiger partial charge in [-0.25, -0.2) is 0 Å². The number of piperidine rings is 1. The number of amides is 1. The van der Waals surface area contributed by atoms with Gasteiger partial charge >= 0.3 is 5.97 Å². The molecule has 0 aliphatic carbocycles. The lowest BCUT2D eigenvalue weighted by Crippen LogP contribution is -2.49. The summed E-state index contributed by atoms with van der Waals surface area (Å²) in [6, 6.07) is 4.74. The van der Waals surface area contributed by atoms with Crippen LogP contribution in [0.15, 0.2) is 18.2 Å². The van der Waals surface area contributed by atoms with E-state index < -0.39 is 11.9 Å². The predicted octanol–water partition coefficient (Wildman–Crippen LogP) is 1.74. The van der Waals surface area contributed by atoms with Gasteiger partial charge in [-0.1, -0.05) is 0 Å². The molecule has 0 bridgehead atoms. The molecule has 6 heteroatoms. The first-order chi connectivity index (χ1) is 10.1. The van der Waals surface area contributed by atoms with Gasteiger partial charge in [0.15, 0.2) is 11.5 Å². The Kier molecular flexibility index (Phi) is 3.45. The van der Waals surface area contributed by atoms with Crippen molar-refractivity contribution in [2.24, 2.45) is 5.92 Å². The molecular formula is C15H17NO5. The third-order valence-electron chi connectivity index (χ3n) is 4.19. The summed E-state index contributed by atoms with van der Waals surface area (Å²) >= 11 is 0. The summed E-state index contributed by atoms with van der Waals surface area (Å²) in [5.41, 5.74) is 0.497. The Morgan fingerprint density at radius 3 is 2.81 bits per heavy atom. The molecule has 0 saturated carbocycles. The van der Waals surface area contributed by atoms with Crippen LogP contribution in [0.4, 0.5) is 0 Å². The number of aliphatic carboxylic acids is 1. The van der Waals surface area contributed by atoms with Crippen molar-refractivity contribution in [3.63, 3.8) is 0 Å². The Morgan fingerprint density at radius 2 is 2.05 bits per heavy atom. The average Bonchev–Trinajstić information content (AvgIpc) is 2.93. The molecule has 3 rings (SSSR count). The van der Waals surface area contributed by atoms with Gasteiger partial charge in [0.1, 0.15) is 0 Å². The highest BCUT2D eigenvalue weighted by molar-refractivity contribution is 5.95. The van der Waals surface area contributed by atoms with E-state index in [1.165, 1.54) is 0 Å². The van der Waals surface area contributed by atoms with E-state index in [2.05, 4.69) is 0 Å². The molecule has 2 atom stereocenters. The molecule has 21 heavy (non-hydrogen) atoms. The molecule has 1 aromatic rings. The molecular weight excluding hydrogens is 274 g/mol. The number of hydrogen-bond acceptors (Lipinski definition) is 4. The highest BCUT2D eigenvalue weighted by Crippen LogP contribution is 2.33. The monoisotopic (exact) mass is 291 g/mol. The second-order valence-electron chi connectivity index (χ2n) is 5.39. The quantitative estimate of drug-likeness (QED) is 0.898. The molecule has 2 aliphatic rings. The van der Waals surface area contributed by atoms with Gasteiger partial charge in [0, 0.05) is 18.2 Å². The third kappa shape index (κ3) is 2.41. The van der Waals surface area contributed by atoms with Crippen molar-refractivity contribution >= 4 is 11.9 Å². The van der Waals surface area contributed by atoms with Crippen molar-refractivity contribution in [2.45, 2.75) is 25.8 Å². The number of rotatable bonds is 2. The number of carbonyl (C=O) groups is 2. The number of carboxylic acids is 1. The lowest BCUT2D eigenvalue weighted by molar-refractivity contribution is -0.144. The van der Waals surface area contributed by atoms with Crippen LogP contribution in [0.25, 0.3) is 0 Å². The van der Waals surface area contributed by atoms with E-state index >= 15 is 0 Å². The Bertz CT molecular complexity index is 585. The summed E-state index contributed by atoms with van der Waals surface area (Å²) in [5.74, 6) is -0.323. The zero-order chi connectivity index (χ0) is 15.0. The van der Waals surface area contributed by atoms with E-state index in [4.69, 9.17) is 9.47 Å². The van der Waals surface area contributed by atoms with Crippen molar-refractivity contribution in [1.82, 2.24) is 4.90 Å². The lowest BCUT2D eigenvalue weighted by Gasteiger charge is -2.37. The maximum atomic E-state index is 12.6. The van der Waals surface area contributed by atoms with Crippen molar-refractivity contribution in [2.75, 3.05) is 13.3 Å². The molecule has 2 heterocycles. The third-order valence-corrected chi connectivity index (χ3v) is 4.19. The van der Waals surface area contributed by atoms with E-state index in [-0.39, 0.29) is 18.7 Å². The fourth-order valence-corrected chi connectivity index (χ4v) is 2.96. The Labute approximate surface area is 122 Å². The van der Waals surface area contributed by atoms with Crippen LogP contribution in [-0.2, 0) is 4.79 Å². The van der Waals surface area contributed by atoms with Gasteiger partial charge in [0.05, 0.1) is 5.92 Å². The Morgan fingerprint density at radius 1 is 1.29 bits per heavy atom. The molecule has 0 spiro atoms. The molecule has 0 aromatic heterocycles. The van der Waals surface area contributed by atoms with E-state index in [0.29, 0.717) is 36.4 Å². The Hall–Kier alpha value is -2.24. The summed E-state index contributed by atoms with van der Waals surface area (Å²) in [6.45, 7) is 2.54. The minimum absolute atomic E-state index is 0.160. The molecule has 1 amide bonds. The SMILES string of the molecule is C[C@@H]1[C@H](C(=O)O)CCCN1C(=O)c1ccc2c(c1)OCO2. The number of carboxylic acid groups (broad SMARTS) is 1. The minimum Gasteiger partial charge on any atom is -0.481 e. The van der Waals surface area contributed by atoms with Crippen LogP contribution in [0, 0.1) is 5.92 Å². The van der Waals surface area contributed by atoms with Gasteiger partial charge < -0.3 is 19.5 Å². The molecule has 0 radical (unpaired) electrons. The number of benzene rings is 1. The van der Waals surface area contributed by atoms with Crippen LogP contribution < -0.4 is 9.47 Å². The maximum absolute atomic E-state index is 12.6. The van der Waals surface area contributed by atoms with Crippen LogP contribution in [0.3, 0.4) is 0 Å². The van der Waals surface area contributed by atoms with Crippen LogP contribution in [0.2, 0.25) is 0 Å². The van der Waals surface area contributed by atoms with Gasteiger partial charge in [-0.15, -0.1) is 0 Å². The normalized spacial score (nSPS) is 24.0. The number of nitrogens with zero attached hydrogens (tertiary/aromatic N) is 1. The highest BCUT2D eigenvalue weighted by Gasteiger charge is 2.35. The predicted molar refractivity (Wildman–Crippen MR) is 73.4 cm³/mol. The number of carbonyl (C=O) groups excluding carboxylic acids is 1. The second kappa shape index (κ2) is 5.27. The van der Waals surface area contributed by atoms with Crippen LogP contribution in [0.1, 0.15) is 30.1 Å². The van der Waals surface area contributed by atoms with Crippen molar-refractivity contribution < 1.29 is 24.2 Å². The largest absolute Gasteiger partial charge is 0.481 e. The Balaban J connectivity index is 1.82. The number of likely N-dealkylation sites (tertiary alicyclic amines) is 1. The summed E-state index contributed by atoms with van der Waals surface area (Å²) in [4.78, 5) is 25.5. The molecule has 0 unspecified atom stereocenters. The van der Waals surface area contributed by atoms with Gasteiger partial charge in [0.2, 0.25) is 6.79 Å². The molecule has 1 fully saturated rings. The van der Waals surface area contributed by atoms with Gasteiger partial charge in [-0.05, 0) is 38.0 Å². The molecule has 1 saturated heterocycles. The first kappa shape index (κ1) is 13.7. The molecule has 112 valence electrons. The lowest BCUT2D eigenvalue weighted by atomic mass is 9.90. The van der Waals surface area contributed by atoms with Gasteiger partial charge in [-0.3, -0.25) is 9.59 Å². The topological polar surface area (TPSA) is 76.1 Å². The van der Waals surface area contributed by atoms with E-state index in [1.807, 2.05) is 0 Å². The first-order valence-corrected chi connectivity index (χ1v) is 7.01. The van der Waals surface area contributed by atoms with Gasteiger partial charge in [-0.2, -0.15) is 0 Å². The summed E-state index contributed by atoms with van der Waals surface area (Å²) in [5, 5.41) is 9.23. The number of fused-ring (bicyclic) bond motifs is 1. The van der Waals surface area contributed by atoms with E-state index in [0.717, 1.165) is 0 Å². The minimum atomic E-state index is -0.842. The summed E-state index contributed by atoms with van der Waals surface area (Å²) in [6.07, 6.45) is 1.32. The average molecular weight is 291 g/mol. The van der Waals surface area contributed by atoms with E-state index in [1.54, 1.807) is 30.0 Å². The second-order valence-corrected chi connectivity index (χ2v) is 5.39. The molecule has 1 aromatic carbocycles. The maximum Gasteiger partial charge on any atom is 0.308 e. The standard InChI is InChI=1S/C15H17NO5/c1-9-11(15(18)19)3-2-6-16(9)14(17)10-4-5-12-13(7-10)21-8-20-12/h4-5,7,9,11H,2-3,6,8H2,1H3,(H,18,19)/t9-,11-/m1/s1. The fraction of sp³-hybridized carbons (Fsp3) is 0.467. The smallest absolute Gasteiger partial charge is 0.308 e. The fourth-order valence-electron chi connectivity index (χ4n) is 2.96. The van der Waals surface area contributed by atoms with E-state index in [9.17, 15) is 14.7 Å². The van der Waals surface area contributed by atoms with Crippen molar-refractivity contribution in [3.05, 3.63) is 23.8 Å². The van der Waals surface area contributed by atoms with Crippen molar-refractivity contribution in [3.8, 4) is 11.5 Å². The number of hydrogen-bond donors (Lipinski definition) is 1. The summed E-state index contributed by atoms with van der Waals surface area (Å²) in [7, 11) is 0. The van der Waals surface area contributed by atoms with Crippen LogP contribution in [-0.4, -0.2) is 41.3 Å². The summed E-state index contributed by atoms with van der Waals surface area (Å²) < 4.78 is 10.5. The van der Waals surface area contributed by atoms with Gasteiger partial charge in [0.25, 0.3) is 5.91 Å². The first-order valence-electron chi connectivity index (χ1n) is 7.01. The molecule has 2 aliphatic heterocycles. The van der Waals surface area contributed by atoms with Crippen molar-refractivity contribution in [1.29, 1.82) is 0 Å².